The van der Waals surface area contributed by atoms with Crippen molar-refractivity contribution in [1.29, 1.82) is 0 Å². The maximum Gasteiger partial charge on any atom is 0.224 e. The van der Waals surface area contributed by atoms with Crippen LogP contribution in [0.5, 0.6) is 11.5 Å². The zero-order valence-corrected chi connectivity index (χ0v) is 14.8. The van der Waals surface area contributed by atoms with Crippen molar-refractivity contribution in [2.75, 3.05) is 11.9 Å². The molecule has 0 radical (unpaired) electrons. The second kappa shape index (κ2) is 7.61. The van der Waals surface area contributed by atoms with Crippen LogP contribution in [0.4, 0.5) is 5.69 Å². The number of carbonyl (C=O) groups excluding carboxylic acids is 2. The number of hydrogen-bond donors (Lipinski definition) is 2. The van der Waals surface area contributed by atoms with Gasteiger partial charge >= 0.3 is 0 Å². The Balaban J connectivity index is 1.59. The molecule has 1 aliphatic heterocycles. The van der Waals surface area contributed by atoms with Gasteiger partial charge in [0, 0.05) is 37.4 Å². The molecule has 3 rings (SSSR count). The van der Waals surface area contributed by atoms with Gasteiger partial charge in [0.2, 0.25) is 11.8 Å². The first-order valence-corrected chi connectivity index (χ1v) is 8.61. The van der Waals surface area contributed by atoms with Gasteiger partial charge < -0.3 is 15.0 Å². The van der Waals surface area contributed by atoms with Gasteiger partial charge in [-0.3, -0.25) is 9.59 Å². The molecule has 1 unspecified atom stereocenters. The van der Waals surface area contributed by atoms with Gasteiger partial charge in [-0.05, 0) is 42.0 Å². The molecule has 25 heavy (non-hydrogen) atoms. The van der Waals surface area contributed by atoms with Crippen molar-refractivity contribution in [3.63, 3.8) is 0 Å². The Kier molecular flexibility index (Phi) is 5.28. The van der Waals surface area contributed by atoms with Gasteiger partial charge in [-0.25, -0.2) is 0 Å². The van der Waals surface area contributed by atoms with Gasteiger partial charge in [0.15, 0.2) is 0 Å². The van der Waals surface area contributed by atoms with Crippen LogP contribution in [0.15, 0.2) is 48.5 Å². The van der Waals surface area contributed by atoms with E-state index in [4.69, 9.17) is 4.74 Å². The van der Waals surface area contributed by atoms with Gasteiger partial charge in [0.1, 0.15) is 11.5 Å². The zero-order valence-electron chi connectivity index (χ0n) is 13.9. The van der Waals surface area contributed by atoms with Gasteiger partial charge in [0.05, 0.1) is 0 Å². The van der Waals surface area contributed by atoms with Crippen LogP contribution < -0.4 is 10.1 Å². The summed E-state index contributed by atoms with van der Waals surface area (Å²) in [7, 11) is 0. The molecule has 0 bridgehead atoms. The Bertz CT molecular complexity index is 759. The number of thiol groups is 1. The number of nitrogens with zero attached hydrogens (tertiary/aromatic N) is 1. The number of rotatable bonds is 5. The Morgan fingerprint density at radius 1 is 1.16 bits per heavy atom. The molecule has 2 aromatic rings. The van der Waals surface area contributed by atoms with Crippen LogP contribution in [0, 0.1) is 0 Å². The molecule has 1 aliphatic rings. The van der Waals surface area contributed by atoms with Crippen LogP contribution >= 0.6 is 12.6 Å². The molecule has 5 nitrogen and oxygen atoms in total. The van der Waals surface area contributed by atoms with Crippen molar-refractivity contribution in [3.05, 3.63) is 54.1 Å². The second-order valence-electron chi connectivity index (χ2n) is 6.08. The molecule has 1 heterocycles. The van der Waals surface area contributed by atoms with Crippen molar-refractivity contribution in [2.45, 2.75) is 25.1 Å². The first-order valence-electron chi connectivity index (χ1n) is 8.10. The average molecular weight is 356 g/mol. The Hall–Kier alpha value is -2.47. The fourth-order valence-electron chi connectivity index (χ4n) is 2.73. The van der Waals surface area contributed by atoms with Gasteiger partial charge in [-0.1, -0.05) is 12.1 Å². The summed E-state index contributed by atoms with van der Waals surface area (Å²) in [6.45, 7) is 2.76. The number of likely N-dealkylation sites (tertiary alicyclic amines) is 1. The first-order chi connectivity index (χ1) is 12.0. The van der Waals surface area contributed by atoms with Crippen LogP contribution in [-0.4, -0.2) is 28.5 Å². The fourth-order valence-corrected chi connectivity index (χ4v) is 3.09. The highest BCUT2D eigenvalue weighted by Gasteiger charge is 2.26. The predicted octanol–water partition coefficient (Wildman–Crippen LogP) is 3.47. The Labute approximate surface area is 152 Å². The molecule has 0 aliphatic carbocycles. The van der Waals surface area contributed by atoms with Crippen LogP contribution in [-0.2, 0) is 16.1 Å². The third kappa shape index (κ3) is 4.76. The van der Waals surface area contributed by atoms with Crippen molar-refractivity contribution >= 4 is 30.1 Å². The molecule has 2 aromatic carbocycles. The molecule has 2 amide bonds. The number of hydrogen-bond acceptors (Lipinski definition) is 4. The molecule has 0 spiro atoms. The van der Waals surface area contributed by atoms with Crippen LogP contribution in [0.2, 0.25) is 0 Å². The molecule has 1 fully saturated rings. The maximum absolute atomic E-state index is 11.8. The lowest BCUT2D eigenvalue weighted by Gasteiger charge is -2.16. The van der Waals surface area contributed by atoms with Crippen LogP contribution in [0.3, 0.4) is 0 Å². The van der Waals surface area contributed by atoms with E-state index in [9.17, 15) is 9.59 Å². The predicted molar refractivity (Wildman–Crippen MR) is 100 cm³/mol. The van der Waals surface area contributed by atoms with Crippen molar-refractivity contribution in [2.24, 2.45) is 0 Å². The second-order valence-corrected chi connectivity index (χ2v) is 6.81. The first kappa shape index (κ1) is 17.4. The third-order valence-corrected chi connectivity index (χ3v) is 4.25. The molecule has 6 heteroatoms. The summed E-state index contributed by atoms with van der Waals surface area (Å²) in [6, 6.07) is 14.9. The van der Waals surface area contributed by atoms with Crippen molar-refractivity contribution in [1.82, 2.24) is 4.90 Å². The number of ether oxygens (including phenoxy) is 1. The molecule has 1 N–H and O–H groups in total. The molecule has 0 saturated carbocycles. The largest absolute Gasteiger partial charge is 0.457 e. The van der Waals surface area contributed by atoms with E-state index in [2.05, 4.69) is 17.9 Å². The molecular weight excluding hydrogens is 336 g/mol. The summed E-state index contributed by atoms with van der Waals surface area (Å²) in [6.07, 6.45) is 0.513. The lowest BCUT2D eigenvalue weighted by molar-refractivity contribution is -0.128. The summed E-state index contributed by atoms with van der Waals surface area (Å²) >= 11 is 4.37. The highest BCUT2D eigenvalue weighted by Crippen LogP contribution is 2.24. The smallest absolute Gasteiger partial charge is 0.224 e. The summed E-state index contributed by atoms with van der Waals surface area (Å²) in [5, 5.41) is 2.85. The van der Waals surface area contributed by atoms with E-state index >= 15 is 0 Å². The van der Waals surface area contributed by atoms with E-state index in [1.165, 1.54) is 6.92 Å². The minimum atomic E-state index is -0.107. The monoisotopic (exact) mass is 356 g/mol. The van der Waals surface area contributed by atoms with E-state index in [1.54, 1.807) is 24.3 Å². The molecule has 130 valence electrons. The summed E-state index contributed by atoms with van der Waals surface area (Å²) in [5.41, 5.74) is 1.79. The minimum absolute atomic E-state index is 0.107. The van der Waals surface area contributed by atoms with Crippen molar-refractivity contribution in [3.8, 4) is 11.5 Å². The molecule has 0 aromatic heterocycles. The highest BCUT2D eigenvalue weighted by molar-refractivity contribution is 7.81. The minimum Gasteiger partial charge on any atom is -0.457 e. The SMILES string of the molecule is CC(=O)Nc1ccc(Oc2ccc(CN3CC(S)CC3=O)cc2)cc1. The van der Waals surface area contributed by atoms with Crippen molar-refractivity contribution < 1.29 is 14.3 Å². The van der Waals surface area contributed by atoms with E-state index in [-0.39, 0.29) is 17.1 Å². The fraction of sp³-hybridized carbons (Fsp3) is 0.263. The standard InChI is InChI=1S/C19H20N2O3S/c1-13(22)20-15-4-8-17(9-5-15)24-16-6-2-14(3-7-16)11-21-12-18(25)10-19(21)23/h2-9,18,25H,10-12H2,1H3,(H,20,22). The summed E-state index contributed by atoms with van der Waals surface area (Å²) in [5.74, 6) is 1.45. The molecular formula is C19H20N2O3S. The lowest BCUT2D eigenvalue weighted by Crippen LogP contribution is -2.24. The molecule has 1 saturated heterocycles. The maximum atomic E-state index is 11.8. The lowest BCUT2D eigenvalue weighted by atomic mass is 10.2. The Morgan fingerprint density at radius 3 is 2.28 bits per heavy atom. The van der Waals surface area contributed by atoms with E-state index < -0.39 is 0 Å². The Morgan fingerprint density at radius 2 is 1.76 bits per heavy atom. The zero-order chi connectivity index (χ0) is 17.8. The van der Waals surface area contributed by atoms with Gasteiger partial charge in [0.25, 0.3) is 0 Å². The number of carbonyl (C=O) groups is 2. The van der Waals surface area contributed by atoms with E-state index in [0.717, 1.165) is 17.0 Å². The van der Waals surface area contributed by atoms with Gasteiger partial charge in [-0.2, -0.15) is 12.6 Å². The average Bonchev–Trinajstić information content (AvgIpc) is 2.88. The topological polar surface area (TPSA) is 58.6 Å². The number of amides is 2. The van der Waals surface area contributed by atoms with Crippen LogP contribution in [0.25, 0.3) is 0 Å². The van der Waals surface area contributed by atoms with Gasteiger partial charge in [-0.15, -0.1) is 0 Å². The van der Waals surface area contributed by atoms with Crippen LogP contribution in [0.1, 0.15) is 18.9 Å². The number of nitrogens with one attached hydrogen (secondary N) is 1. The van der Waals surface area contributed by atoms with E-state index in [1.807, 2.05) is 29.2 Å². The number of benzene rings is 2. The highest BCUT2D eigenvalue weighted by atomic mass is 32.1. The third-order valence-electron chi connectivity index (χ3n) is 3.90. The normalized spacial score (nSPS) is 16.8. The van der Waals surface area contributed by atoms with E-state index in [0.29, 0.717) is 25.3 Å². The molecule has 1 atom stereocenters. The summed E-state index contributed by atoms with van der Waals surface area (Å²) in [4.78, 5) is 24.7. The quantitative estimate of drug-likeness (QED) is 0.807. The summed E-state index contributed by atoms with van der Waals surface area (Å²) < 4.78 is 5.80. The number of anilines is 1.